The molecule has 0 aromatic heterocycles. The van der Waals surface area contributed by atoms with E-state index in [2.05, 4.69) is 11.4 Å². The summed E-state index contributed by atoms with van der Waals surface area (Å²) in [6.45, 7) is 5.94. The van der Waals surface area contributed by atoms with Crippen LogP contribution in [0.4, 0.5) is 4.79 Å². The third-order valence-corrected chi connectivity index (χ3v) is 4.44. The maximum atomic E-state index is 11.7. The van der Waals surface area contributed by atoms with Crippen LogP contribution in [-0.4, -0.2) is 16.8 Å². The average molecular weight is 339 g/mol. The Balaban J connectivity index is 1.61. The number of aliphatic hydroxyl groups excluding tert-OH is 1. The Bertz CT molecular complexity index is 746. The predicted molar refractivity (Wildman–Crippen MR) is 97.4 cm³/mol. The lowest BCUT2D eigenvalue weighted by Crippen LogP contribution is -2.32. The fourth-order valence-corrected chi connectivity index (χ4v) is 3.25. The fraction of sp³-hybridized carbons (Fsp3) is 0.381. The summed E-state index contributed by atoms with van der Waals surface area (Å²) in [4.78, 5) is 11.7. The number of carbonyl (C=O) groups excluding carboxylic acids is 1. The van der Waals surface area contributed by atoms with Crippen LogP contribution in [-0.2, 0) is 17.7 Å². The van der Waals surface area contributed by atoms with E-state index in [4.69, 9.17) is 4.74 Å². The van der Waals surface area contributed by atoms with Crippen LogP contribution in [0.2, 0.25) is 0 Å². The van der Waals surface area contributed by atoms with Gasteiger partial charge in [0.05, 0.1) is 6.10 Å². The summed E-state index contributed by atoms with van der Waals surface area (Å²) in [7, 11) is 0. The number of benzene rings is 2. The van der Waals surface area contributed by atoms with Crippen molar-refractivity contribution in [3.8, 4) is 0 Å². The molecule has 1 amide bonds. The van der Waals surface area contributed by atoms with E-state index in [0.29, 0.717) is 6.54 Å². The second-order valence-electron chi connectivity index (χ2n) is 7.55. The Morgan fingerprint density at radius 1 is 1.16 bits per heavy atom. The Kier molecular flexibility index (Phi) is 4.82. The first-order valence-electron chi connectivity index (χ1n) is 8.65. The molecule has 0 saturated heterocycles. The molecule has 0 spiro atoms. The molecule has 0 saturated carbocycles. The molecule has 0 bridgehead atoms. The maximum absolute atomic E-state index is 11.7. The largest absolute Gasteiger partial charge is 0.444 e. The highest BCUT2D eigenvalue weighted by Crippen LogP contribution is 2.42. The van der Waals surface area contributed by atoms with Gasteiger partial charge < -0.3 is 15.2 Å². The van der Waals surface area contributed by atoms with Gasteiger partial charge in [0.25, 0.3) is 0 Å². The van der Waals surface area contributed by atoms with Crippen molar-refractivity contribution in [3.63, 3.8) is 0 Å². The van der Waals surface area contributed by atoms with E-state index in [-0.39, 0.29) is 5.92 Å². The highest BCUT2D eigenvalue weighted by Gasteiger charge is 2.31. The van der Waals surface area contributed by atoms with Crippen molar-refractivity contribution in [3.05, 3.63) is 70.8 Å². The standard InChI is InChI=1S/C21H25NO3/c1-21(2,3)25-20(24)22-13-14-8-10-15(11-9-14)18-12-16-6-4-5-7-17(16)19(18)23/h4-11,18-19,23H,12-13H2,1-3H3,(H,22,24)/t18-,19?/m1/s1. The zero-order valence-electron chi connectivity index (χ0n) is 15.0. The number of fused-ring (bicyclic) bond motifs is 1. The summed E-state index contributed by atoms with van der Waals surface area (Å²) in [6, 6.07) is 16.1. The van der Waals surface area contributed by atoms with Crippen molar-refractivity contribution < 1.29 is 14.6 Å². The zero-order valence-corrected chi connectivity index (χ0v) is 15.0. The number of hydrogen-bond donors (Lipinski definition) is 2. The molecule has 0 radical (unpaired) electrons. The third-order valence-electron chi connectivity index (χ3n) is 4.44. The quantitative estimate of drug-likeness (QED) is 0.886. The van der Waals surface area contributed by atoms with Crippen LogP contribution in [0.3, 0.4) is 0 Å². The first-order chi connectivity index (χ1) is 11.8. The van der Waals surface area contributed by atoms with Gasteiger partial charge >= 0.3 is 6.09 Å². The average Bonchev–Trinajstić information content (AvgIpc) is 2.89. The van der Waals surface area contributed by atoms with Crippen molar-refractivity contribution in [2.45, 2.75) is 51.4 Å². The van der Waals surface area contributed by atoms with Crippen molar-refractivity contribution in [2.75, 3.05) is 0 Å². The molecule has 132 valence electrons. The SMILES string of the molecule is CC(C)(C)OC(=O)NCc1ccc([C@H]2Cc3ccccc3C2O)cc1. The zero-order chi connectivity index (χ0) is 18.0. The van der Waals surface area contributed by atoms with Crippen molar-refractivity contribution in [1.82, 2.24) is 5.32 Å². The van der Waals surface area contributed by atoms with E-state index in [0.717, 1.165) is 23.1 Å². The van der Waals surface area contributed by atoms with Gasteiger partial charge in [0, 0.05) is 12.5 Å². The maximum Gasteiger partial charge on any atom is 0.407 e. The van der Waals surface area contributed by atoms with Crippen molar-refractivity contribution in [1.29, 1.82) is 0 Å². The first kappa shape index (κ1) is 17.5. The second kappa shape index (κ2) is 6.89. The lowest BCUT2D eigenvalue weighted by atomic mass is 9.93. The van der Waals surface area contributed by atoms with E-state index >= 15 is 0 Å². The minimum Gasteiger partial charge on any atom is -0.444 e. The predicted octanol–water partition coefficient (Wildman–Crippen LogP) is 4.08. The Morgan fingerprint density at radius 3 is 2.48 bits per heavy atom. The van der Waals surface area contributed by atoms with Crippen LogP contribution in [0.5, 0.6) is 0 Å². The number of nitrogens with one attached hydrogen (secondary N) is 1. The molecule has 2 aromatic carbocycles. The van der Waals surface area contributed by atoms with Gasteiger partial charge in [-0.1, -0.05) is 48.5 Å². The van der Waals surface area contributed by atoms with Gasteiger partial charge in [0.1, 0.15) is 5.60 Å². The minimum absolute atomic E-state index is 0.0882. The summed E-state index contributed by atoms with van der Waals surface area (Å²) >= 11 is 0. The Labute approximate surface area is 148 Å². The van der Waals surface area contributed by atoms with Crippen LogP contribution in [0.25, 0.3) is 0 Å². The molecular weight excluding hydrogens is 314 g/mol. The molecule has 25 heavy (non-hydrogen) atoms. The molecule has 4 heteroatoms. The van der Waals surface area contributed by atoms with E-state index < -0.39 is 17.8 Å². The number of carbonyl (C=O) groups is 1. The molecule has 0 heterocycles. The van der Waals surface area contributed by atoms with Crippen LogP contribution in [0.1, 0.15) is 55.0 Å². The van der Waals surface area contributed by atoms with Crippen LogP contribution in [0, 0.1) is 0 Å². The van der Waals surface area contributed by atoms with Gasteiger partial charge in [0.15, 0.2) is 0 Å². The van der Waals surface area contributed by atoms with Gasteiger partial charge in [-0.2, -0.15) is 0 Å². The topological polar surface area (TPSA) is 58.6 Å². The molecule has 3 rings (SSSR count). The summed E-state index contributed by atoms with van der Waals surface area (Å²) in [5, 5.41) is 13.3. The van der Waals surface area contributed by atoms with E-state index in [1.165, 1.54) is 5.56 Å². The molecule has 1 aliphatic carbocycles. The number of hydrogen-bond acceptors (Lipinski definition) is 3. The fourth-order valence-electron chi connectivity index (χ4n) is 3.25. The monoisotopic (exact) mass is 339 g/mol. The van der Waals surface area contributed by atoms with Crippen LogP contribution in [0.15, 0.2) is 48.5 Å². The Morgan fingerprint density at radius 2 is 1.84 bits per heavy atom. The van der Waals surface area contributed by atoms with Gasteiger partial charge in [-0.25, -0.2) is 4.79 Å². The molecule has 4 nitrogen and oxygen atoms in total. The van der Waals surface area contributed by atoms with Crippen LogP contribution < -0.4 is 5.32 Å². The van der Waals surface area contributed by atoms with Gasteiger partial charge in [-0.15, -0.1) is 0 Å². The number of amides is 1. The second-order valence-corrected chi connectivity index (χ2v) is 7.55. The summed E-state index contributed by atoms with van der Waals surface area (Å²) in [5.74, 6) is 0.0882. The molecule has 1 aliphatic rings. The van der Waals surface area contributed by atoms with Gasteiger partial charge in [0.2, 0.25) is 0 Å². The highest BCUT2D eigenvalue weighted by atomic mass is 16.6. The number of ether oxygens (including phenoxy) is 1. The Hall–Kier alpha value is -2.33. The number of alkyl carbamates (subject to hydrolysis) is 1. The van der Waals surface area contributed by atoms with E-state index in [1.807, 2.05) is 63.2 Å². The van der Waals surface area contributed by atoms with Crippen LogP contribution >= 0.6 is 0 Å². The molecular formula is C21H25NO3. The number of aliphatic hydroxyl groups is 1. The first-order valence-corrected chi connectivity index (χ1v) is 8.65. The normalized spacial score (nSPS) is 19.4. The number of rotatable bonds is 3. The molecule has 0 fully saturated rings. The summed E-state index contributed by atoms with van der Waals surface area (Å²) < 4.78 is 5.23. The molecule has 0 aliphatic heterocycles. The van der Waals surface area contributed by atoms with Gasteiger partial charge in [-0.3, -0.25) is 0 Å². The van der Waals surface area contributed by atoms with Crippen molar-refractivity contribution >= 4 is 6.09 Å². The molecule has 2 aromatic rings. The van der Waals surface area contributed by atoms with E-state index in [9.17, 15) is 9.90 Å². The lowest BCUT2D eigenvalue weighted by Gasteiger charge is -2.20. The lowest BCUT2D eigenvalue weighted by molar-refractivity contribution is 0.0523. The van der Waals surface area contributed by atoms with E-state index in [1.54, 1.807) is 0 Å². The smallest absolute Gasteiger partial charge is 0.407 e. The minimum atomic E-state index is -0.498. The molecule has 2 atom stereocenters. The highest BCUT2D eigenvalue weighted by molar-refractivity contribution is 5.67. The third kappa shape index (κ3) is 4.20. The summed E-state index contributed by atoms with van der Waals surface area (Å²) in [6.07, 6.45) is -0.0208. The summed E-state index contributed by atoms with van der Waals surface area (Å²) in [5.41, 5.74) is 3.87. The van der Waals surface area contributed by atoms with Gasteiger partial charge in [-0.05, 0) is 49.4 Å². The molecule has 2 N–H and O–H groups in total. The molecule has 1 unspecified atom stereocenters. The van der Waals surface area contributed by atoms with Crippen molar-refractivity contribution in [2.24, 2.45) is 0 Å².